The number of rotatable bonds is 1. The van der Waals surface area contributed by atoms with Crippen molar-refractivity contribution in [2.24, 2.45) is 5.92 Å². The molecule has 1 heterocycles. The number of aromatic nitrogens is 1. The summed E-state index contributed by atoms with van der Waals surface area (Å²) in [4.78, 5) is 4.16. The third-order valence-electron chi connectivity index (χ3n) is 3.61. The fraction of sp³-hybridized carbons (Fsp3) is 0.250. The van der Waals surface area contributed by atoms with Gasteiger partial charge in [0.2, 0.25) is 0 Å². The van der Waals surface area contributed by atoms with E-state index in [2.05, 4.69) is 35.3 Å². The van der Waals surface area contributed by atoms with Crippen molar-refractivity contribution in [3.63, 3.8) is 0 Å². The fourth-order valence-corrected chi connectivity index (χ4v) is 2.58. The second-order valence-electron chi connectivity index (χ2n) is 4.79. The maximum absolute atomic E-state index is 8.99. The van der Waals surface area contributed by atoms with E-state index >= 15 is 0 Å². The highest BCUT2D eigenvalue weighted by molar-refractivity contribution is 5.64. The molecular formula is C16H14N2. The van der Waals surface area contributed by atoms with Crippen LogP contribution in [0.1, 0.15) is 17.5 Å². The van der Waals surface area contributed by atoms with E-state index < -0.39 is 0 Å². The topological polar surface area (TPSA) is 36.7 Å². The third kappa shape index (κ3) is 2.00. The fourth-order valence-electron chi connectivity index (χ4n) is 2.58. The van der Waals surface area contributed by atoms with Crippen molar-refractivity contribution in [2.45, 2.75) is 19.3 Å². The average Bonchev–Trinajstić information content (AvgIpc) is 2.47. The standard InChI is InChI=1S/C16H14N2/c17-10-12-3-4-14-9-15(6-5-13(14)8-12)16-2-1-7-18-11-16/h1-2,5-7,9,11-12H,3-4,8H2. The van der Waals surface area contributed by atoms with Gasteiger partial charge in [-0.3, -0.25) is 4.98 Å². The summed E-state index contributed by atoms with van der Waals surface area (Å²) in [5, 5.41) is 8.99. The number of nitrogens with zero attached hydrogens (tertiary/aromatic N) is 2. The van der Waals surface area contributed by atoms with Gasteiger partial charge in [-0.1, -0.05) is 24.3 Å². The Balaban J connectivity index is 1.96. The van der Waals surface area contributed by atoms with Crippen LogP contribution in [-0.4, -0.2) is 4.98 Å². The van der Waals surface area contributed by atoms with Gasteiger partial charge in [-0.15, -0.1) is 0 Å². The second kappa shape index (κ2) is 4.62. The zero-order valence-electron chi connectivity index (χ0n) is 10.1. The van der Waals surface area contributed by atoms with Crippen LogP contribution in [0.5, 0.6) is 0 Å². The summed E-state index contributed by atoms with van der Waals surface area (Å²) in [5.74, 6) is 0.196. The molecule has 0 N–H and O–H groups in total. The van der Waals surface area contributed by atoms with Crippen LogP contribution in [-0.2, 0) is 12.8 Å². The Morgan fingerprint density at radius 1 is 1.17 bits per heavy atom. The van der Waals surface area contributed by atoms with Crippen molar-refractivity contribution < 1.29 is 0 Å². The Hall–Kier alpha value is -2.14. The SMILES string of the molecule is N#CC1CCc2cc(-c3cccnc3)ccc2C1. The van der Waals surface area contributed by atoms with E-state index in [1.54, 1.807) is 6.20 Å². The Morgan fingerprint density at radius 2 is 2.11 bits per heavy atom. The van der Waals surface area contributed by atoms with E-state index in [0.29, 0.717) is 0 Å². The number of fused-ring (bicyclic) bond motifs is 1. The predicted molar refractivity (Wildman–Crippen MR) is 70.8 cm³/mol. The van der Waals surface area contributed by atoms with E-state index in [-0.39, 0.29) is 5.92 Å². The van der Waals surface area contributed by atoms with E-state index in [1.807, 2.05) is 12.3 Å². The van der Waals surface area contributed by atoms with Crippen molar-refractivity contribution in [3.8, 4) is 17.2 Å². The number of nitriles is 1. The molecule has 1 aliphatic rings. The molecule has 1 aromatic heterocycles. The second-order valence-corrected chi connectivity index (χ2v) is 4.79. The molecule has 0 spiro atoms. The summed E-state index contributed by atoms with van der Waals surface area (Å²) >= 11 is 0. The maximum Gasteiger partial charge on any atom is 0.0659 e. The summed E-state index contributed by atoms with van der Waals surface area (Å²) in [7, 11) is 0. The number of benzene rings is 1. The highest BCUT2D eigenvalue weighted by Gasteiger charge is 2.18. The summed E-state index contributed by atoms with van der Waals surface area (Å²) < 4.78 is 0. The zero-order valence-corrected chi connectivity index (χ0v) is 10.1. The average molecular weight is 234 g/mol. The molecule has 0 aliphatic heterocycles. The molecule has 0 bridgehead atoms. The number of pyridine rings is 1. The Bertz CT molecular complexity index is 596. The molecule has 2 nitrogen and oxygen atoms in total. The molecule has 1 atom stereocenters. The maximum atomic E-state index is 8.99. The zero-order chi connectivity index (χ0) is 12.4. The van der Waals surface area contributed by atoms with Gasteiger partial charge in [0.1, 0.15) is 0 Å². The molecule has 0 fully saturated rings. The minimum Gasteiger partial charge on any atom is -0.264 e. The Kier molecular flexibility index (Phi) is 2.82. The van der Waals surface area contributed by atoms with Crippen LogP contribution in [0.2, 0.25) is 0 Å². The Morgan fingerprint density at radius 3 is 2.89 bits per heavy atom. The molecule has 1 aliphatic carbocycles. The minimum absolute atomic E-state index is 0.196. The first-order valence-electron chi connectivity index (χ1n) is 6.28. The molecule has 0 radical (unpaired) electrons. The summed E-state index contributed by atoms with van der Waals surface area (Å²) in [5.41, 5.74) is 5.10. The van der Waals surface area contributed by atoms with Crippen molar-refractivity contribution in [1.82, 2.24) is 4.98 Å². The van der Waals surface area contributed by atoms with Gasteiger partial charge in [0.15, 0.2) is 0 Å². The molecule has 0 amide bonds. The van der Waals surface area contributed by atoms with Crippen molar-refractivity contribution >= 4 is 0 Å². The molecule has 3 rings (SSSR count). The molecule has 1 unspecified atom stereocenters. The van der Waals surface area contributed by atoms with Crippen molar-refractivity contribution in [3.05, 3.63) is 53.9 Å². The molecule has 0 saturated carbocycles. The first-order valence-corrected chi connectivity index (χ1v) is 6.28. The highest BCUT2D eigenvalue weighted by atomic mass is 14.6. The highest BCUT2D eigenvalue weighted by Crippen LogP contribution is 2.29. The lowest BCUT2D eigenvalue weighted by atomic mass is 9.83. The first-order chi connectivity index (χ1) is 8.86. The van der Waals surface area contributed by atoms with Gasteiger partial charge in [-0.2, -0.15) is 5.26 Å². The Labute approximate surface area is 107 Å². The summed E-state index contributed by atoms with van der Waals surface area (Å²) in [6, 6.07) is 13.0. The normalized spacial score (nSPS) is 17.8. The van der Waals surface area contributed by atoms with Crippen LogP contribution in [0, 0.1) is 17.2 Å². The van der Waals surface area contributed by atoms with Gasteiger partial charge < -0.3 is 0 Å². The molecule has 18 heavy (non-hydrogen) atoms. The van der Waals surface area contributed by atoms with Crippen LogP contribution >= 0.6 is 0 Å². The van der Waals surface area contributed by atoms with E-state index in [9.17, 15) is 0 Å². The van der Waals surface area contributed by atoms with Gasteiger partial charge in [-0.25, -0.2) is 0 Å². The van der Waals surface area contributed by atoms with Gasteiger partial charge in [0.05, 0.1) is 12.0 Å². The van der Waals surface area contributed by atoms with Gasteiger partial charge >= 0.3 is 0 Å². The molecule has 88 valence electrons. The predicted octanol–water partition coefficient (Wildman–Crippen LogP) is 3.38. The molecular weight excluding hydrogens is 220 g/mol. The van der Waals surface area contributed by atoms with Gasteiger partial charge in [0.25, 0.3) is 0 Å². The number of hydrogen-bond donors (Lipinski definition) is 0. The third-order valence-corrected chi connectivity index (χ3v) is 3.61. The van der Waals surface area contributed by atoms with E-state index in [1.165, 1.54) is 16.7 Å². The lowest BCUT2D eigenvalue weighted by Gasteiger charge is -2.20. The first kappa shape index (κ1) is 11.0. The molecule has 1 aromatic carbocycles. The molecule has 2 aromatic rings. The minimum atomic E-state index is 0.196. The van der Waals surface area contributed by atoms with Crippen molar-refractivity contribution in [2.75, 3.05) is 0 Å². The van der Waals surface area contributed by atoms with Crippen LogP contribution in [0.3, 0.4) is 0 Å². The van der Waals surface area contributed by atoms with Crippen LogP contribution in [0.25, 0.3) is 11.1 Å². The van der Waals surface area contributed by atoms with E-state index in [4.69, 9.17) is 5.26 Å². The molecule has 2 heteroatoms. The monoisotopic (exact) mass is 234 g/mol. The van der Waals surface area contributed by atoms with Crippen LogP contribution < -0.4 is 0 Å². The number of hydrogen-bond acceptors (Lipinski definition) is 2. The van der Waals surface area contributed by atoms with Crippen molar-refractivity contribution in [1.29, 1.82) is 5.26 Å². The smallest absolute Gasteiger partial charge is 0.0659 e. The lowest BCUT2D eigenvalue weighted by molar-refractivity contribution is 0.565. The van der Waals surface area contributed by atoms with Crippen LogP contribution in [0.4, 0.5) is 0 Å². The molecule has 0 saturated heterocycles. The summed E-state index contributed by atoms with van der Waals surface area (Å²) in [6.07, 6.45) is 6.59. The number of aryl methyl sites for hydroxylation is 1. The van der Waals surface area contributed by atoms with Gasteiger partial charge in [0, 0.05) is 12.4 Å². The largest absolute Gasteiger partial charge is 0.264 e. The quantitative estimate of drug-likeness (QED) is 0.758. The summed E-state index contributed by atoms with van der Waals surface area (Å²) in [6.45, 7) is 0. The van der Waals surface area contributed by atoms with Crippen LogP contribution in [0.15, 0.2) is 42.7 Å². The van der Waals surface area contributed by atoms with E-state index in [0.717, 1.165) is 24.8 Å². The van der Waals surface area contributed by atoms with Gasteiger partial charge in [-0.05, 0) is 47.6 Å². The lowest BCUT2D eigenvalue weighted by Crippen LogP contribution is -2.12.